The van der Waals surface area contributed by atoms with Crippen molar-refractivity contribution >= 4 is 0 Å². The summed E-state index contributed by atoms with van der Waals surface area (Å²) in [6, 6.07) is 21.9. The quantitative estimate of drug-likeness (QED) is 0.752. The van der Waals surface area contributed by atoms with Crippen LogP contribution in [0.15, 0.2) is 72.3 Å². The van der Waals surface area contributed by atoms with E-state index < -0.39 is 0 Å². The lowest BCUT2D eigenvalue weighted by molar-refractivity contribution is 0.525. The van der Waals surface area contributed by atoms with Crippen molar-refractivity contribution in [1.82, 2.24) is 5.32 Å². The zero-order valence-corrected chi connectivity index (χ0v) is 13.2. The van der Waals surface area contributed by atoms with Gasteiger partial charge < -0.3 is 5.32 Å². The van der Waals surface area contributed by atoms with E-state index in [0.29, 0.717) is 12.0 Å². The molecule has 0 aliphatic heterocycles. The van der Waals surface area contributed by atoms with Gasteiger partial charge in [-0.2, -0.15) is 0 Å². The maximum absolute atomic E-state index is 3.63. The van der Waals surface area contributed by atoms with Crippen LogP contribution >= 0.6 is 0 Å². The molecule has 1 atom stereocenters. The minimum Gasteiger partial charge on any atom is -0.310 e. The Balaban J connectivity index is 2.22. The smallest absolute Gasteiger partial charge is 0.0240 e. The SMILES string of the molecule is CC(C)=CCNC(C)C(c1ccccc1)c1ccccc1. The topological polar surface area (TPSA) is 12.0 Å². The number of hydrogen-bond acceptors (Lipinski definition) is 1. The lowest BCUT2D eigenvalue weighted by Gasteiger charge is -2.26. The number of nitrogens with one attached hydrogen (secondary N) is 1. The molecule has 0 radical (unpaired) electrons. The molecule has 0 saturated heterocycles. The van der Waals surface area contributed by atoms with Gasteiger partial charge >= 0.3 is 0 Å². The highest BCUT2D eigenvalue weighted by Crippen LogP contribution is 2.27. The van der Waals surface area contributed by atoms with E-state index in [-0.39, 0.29) is 0 Å². The average Bonchev–Trinajstić information content (AvgIpc) is 2.49. The Bertz CT molecular complexity index is 513. The first-order chi connectivity index (χ1) is 10.2. The van der Waals surface area contributed by atoms with E-state index in [9.17, 15) is 0 Å². The Hall–Kier alpha value is -1.86. The second-order valence-corrected chi connectivity index (χ2v) is 5.78. The summed E-state index contributed by atoms with van der Waals surface area (Å²) in [4.78, 5) is 0. The molecule has 1 nitrogen and oxygen atoms in total. The predicted molar refractivity (Wildman–Crippen MR) is 91.6 cm³/mol. The third-order valence-electron chi connectivity index (χ3n) is 3.77. The zero-order valence-electron chi connectivity index (χ0n) is 13.2. The van der Waals surface area contributed by atoms with E-state index in [1.54, 1.807) is 0 Å². The second-order valence-electron chi connectivity index (χ2n) is 5.78. The molecule has 0 saturated carbocycles. The van der Waals surface area contributed by atoms with E-state index >= 15 is 0 Å². The van der Waals surface area contributed by atoms with Crippen LogP contribution in [-0.2, 0) is 0 Å². The fourth-order valence-corrected chi connectivity index (χ4v) is 2.66. The Labute approximate surface area is 128 Å². The van der Waals surface area contributed by atoms with Gasteiger partial charge in [-0.1, -0.05) is 72.3 Å². The van der Waals surface area contributed by atoms with Crippen molar-refractivity contribution in [1.29, 1.82) is 0 Å². The Morgan fingerprint density at radius 1 is 0.905 bits per heavy atom. The van der Waals surface area contributed by atoms with Gasteiger partial charge in [0.05, 0.1) is 0 Å². The van der Waals surface area contributed by atoms with Crippen LogP contribution in [0.25, 0.3) is 0 Å². The van der Waals surface area contributed by atoms with E-state index in [4.69, 9.17) is 0 Å². The van der Waals surface area contributed by atoms with Gasteiger partial charge in [-0.25, -0.2) is 0 Å². The fourth-order valence-electron chi connectivity index (χ4n) is 2.66. The monoisotopic (exact) mass is 279 g/mol. The first-order valence-corrected chi connectivity index (χ1v) is 7.65. The standard InChI is InChI=1S/C20H25N/c1-16(2)14-15-21-17(3)20(18-10-6-4-7-11-18)19-12-8-5-9-13-19/h4-14,17,20-21H,15H2,1-3H3. The normalized spacial score (nSPS) is 12.2. The highest BCUT2D eigenvalue weighted by molar-refractivity contribution is 5.34. The molecular weight excluding hydrogens is 254 g/mol. The van der Waals surface area contributed by atoms with Gasteiger partial charge in [0.2, 0.25) is 0 Å². The Morgan fingerprint density at radius 3 is 1.81 bits per heavy atom. The number of benzene rings is 2. The van der Waals surface area contributed by atoms with E-state index in [0.717, 1.165) is 6.54 Å². The molecule has 0 spiro atoms. The molecule has 1 unspecified atom stereocenters. The van der Waals surface area contributed by atoms with Crippen LogP contribution in [-0.4, -0.2) is 12.6 Å². The highest BCUT2D eigenvalue weighted by atomic mass is 14.9. The van der Waals surface area contributed by atoms with Crippen molar-refractivity contribution in [3.05, 3.63) is 83.4 Å². The van der Waals surface area contributed by atoms with Crippen molar-refractivity contribution in [2.75, 3.05) is 6.54 Å². The molecule has 2 aromatic carbocycles. The summed E-state index contributed by atoms with van der Waals surface area (Å²) < 4.78 is 0. The Morgan fingerprint density at radius 2 is 1.38 bits per heavy atom. The molecule has 0 heterocycles. The molecule has 0 bridgehead atoms. The van der Waals surface area contributed by atoms with Crippen LogP contribution < -0.4 is 5.32 Å². The molecule has 0 aromatic heterocycles. The minimum absolute atomic E-state index is 0.373. The van der Waals surface area contributed by atoms with Gasteiger partial charge in [0.15, 0.2) is 0 Å². The lowest BCUT2D eigenvalue weighted by Crippen LogP contribution is -2.33. The first-order valence-electron chi connectivity index (χ1n) is 7.65. The van der Waals surface area contributed by atoms with Crippen molar-refractivity contribution in [3.8, 4) is 0 Å². The largest absolute Gasteiger partial charge is 0.310 e. The molecule has 1 heteroatoms. The maximum atomic E-state index is 3.63. The molecule has 1 N–H and O–H groups in total. The van der Waals surface area contributed by atoms with Gasteiger partial charge in [0.25, 0.3) is 0 Å². The summed E-state index contributed by atoms with van der Waals surface area (Å²) in [6.07, 6.45) is 2.24. The molecule has 110 valence electrons. The van der Waals surface area contributed by atoms with E-state index in [1.807, 2.05) is 0 Å². The number of allylic oxidation sites excluding steroid dienone is 1. The average molecular weight is 279 g/mol. The van der Waals surface area contributed by atoms with Crippen LogP contribution in [0.1, 0.15) is 37.8 Å². The van der Waals surface area contributed by atoms with Gasteiger partial charge in [0, 0.05) is 18.5 Å². The van der Waals surface area contributed by atoms with Gasteiger partial charge in [-0.3, -0.25) is 0 Å². The summed E-state index contributed by atoms with van der Waals surface area (Å²) in [7, 11) is 0. The van der Waals surface area contributed by atoms with Crippen LogP contribution in [0.5, 0.6) is 0 Å². The van der Waals surface area contributed by atoms with Crippen molar-refractivity contribution < 1.29 is 0 Å². The molecule has 2 rings (SSSR count). The van der Waals surface area contributed by atoms with E-state index in [2.05, 4.69) is 92.8 Å². The molecule has 0 aliphatic carbocycles. The summed E-state index contributed by atoms with van der Waals surface area (Å²) >= 11 is 0. The van der Waals surface area contributed by atoms with E-state index in [1.165, 1.54) is 16.7 Å². The van der Waals surface area contributed by atoms with Gasteiger partial charge in [0.1, 0.15) is 0 Å². The summed E-state index contributed by atoms with van der Waals surface area (Å²) in [5, 5.41) is 3.63. The number of rotatable bonds is 6. The van der Waals surface area contributed by atoms with Gasteiger partial charge in [-0.15, -0.1) is 0 Å². The third kappa shape index (κ3) is 4.57. The summed E-state index contributed by atoms with van der Waals surface area (Å²) in [6.45, 7) is 7.46. The zero-order chi connectivity index (χ0) is 15.1. The molecule has 2 aromatic rings. The first kappa shape index (κ1) is 15.5. The third-order valence-corrected chi connectivity index (χ3v) is 3.77. The molecule has 0 fully saturated rings. The molecule has 0 amide bonds. The fraction of sp³-hybridized carbons (Fsp3) is 0.300. The summed E-state index contributed by atoms with van der Waals surface area (Å²) in [5.74, 6) is 0.373. The highest BCUT2D eigenvalue weighted by Gasteiger charge is 2.20. The molecule has 21 heavy (non-hydrogen) atoms. The van der Waals surface area contributed by atoms with Gasteiger partial charge in [-0.05, 0) is 31.9 Å². The lowest BCUT2D eigenvalue weighted by atomic mass is 9.86. The van der Waals surface area contributed by atoms with Crippen molar-refractivity contribution in [2.24, 2.45) is 0 Å². The van der Waals surface area contributed by atoms with Crippen molar-refractivity contribution in [2.45, 2.75) is 32.7 Å². The maximum Gasteiger partial charge on any atom is 0.0240 e. The molecule has 0 aliphatic rings. The Kier molecular flexibility index (Phi) is 5.77. The second kappa shape index (κ2) is 7.80. The van der Waals surface area contributed by atoms with Crippen LogP contribution in [0.2, 0.25) is 0 Å². The number of hydrogen-bond donors (Lipinski definition) is 1. The minimum atomic E-state index is 0.373. The summed E-state index contributed by atoms with van der Waals surface area (Å²) in [5.41, 5.74) is 4.08. The van der Waals surface area contributed by atoms with Crippen LogP contribution in [0, 0.1) is 0 Å². The van der Waals surface area contributed by atoms with Crippen LogP contribution in [0.3, 0.4) is 0 Å². The molecular formula is C20H25N. The van der Waals surface area contributed by atoms with Crippen LogP contribution in [0.4, 0.5) is 0 Å². The van der Waals surface area contributed by atoms with Crippen molar-refractivity contribution in [3.63, 3.8) is 0 Å². The predicted octanol–water partition coefficient (Wildman–Crippen LogP) is 4.76.